The molecule has 2 N–H and O–H groups in total. The molecule has 0 unspecified atom stereocenters. The molecule has 7 heteroatoms. The zero-order valence-corrected chi connectivity index (χ0v) is 7.83. The van der Waals surface area contributed by atoms with Gasteiger partial charge in [0.25, 0.3) is 0 Å². The first-order valence-electron chi connectivity index (χ1n) is 3.86. The van der Waals surface area contributed by atoms with Crippen molar-refractivity contribution in [2.75, 3.05) is 0 Å². The summed E-state index contributed by atoms with van der Waals surface area (Å²) >= 11 is 5.59. The highest BCUT2D eigenvalue weighted by Gasteiger charge is 2.31. The fraction of sp³-hybridized carbons (Fsp3) is 0.125. The Morgan fingerprint density at radius 2 is 1.87 bits per heavy atom. The van der Waals surface area contributed by atoms with Gasteiger partial charge in [0, 0.05) is 0 Å². The smallest absolute Gasteiger partial charge is 0.306 e. The van der Waals surface area contributed by atoms with Crippen molar-refractivity contribution in [1.29, 1.82) is 0 Å². The molecule has 2 aromatic rings. The van der Waals surface area contributed by atoms with Crippen molar-refractivity contribution in [3.8, 4) is 0 Å². The molecule has 15 heavy (non-hydrogen) atoms. The van der Waals surface area contributed by atoms with Gasteiger partial charge in [0.05, 0.1) is 21.6 Å². The molecule has 0 fully saturated rings. The molecule has 0 saturated heterocycles. The molecule has 0 radical (unpaired) electrons. The van der Waals surface area contributed by atoms with Crippen LogP contribution in [0.25, 0.3) is 11.0 Å². The first kappa shape index (κ1) is 10.1. The Balaban J connectivity index is 2.78. The van der Waals surface area contributed by atoms with Crippen molar-refractivity contribution in [3.05, 3.63) is 33.2 Å². The third-order valence-corrected chi connectivity index (χ3v) is 2.20. The minimum absolute atomic E-state index is 0.0415. The molecule has 1 aromatic heterocycles. The second kappa shape index (κ2) is 3.03. The number of alkyl halides is 3. The number of fused-ring (bicyclic) bond motifs is 1. The molecular formula is C8H4ClF3N2O. The van der Waals surface area contributed by atoms with E-state index in [1.54, 1.807) is 0 Å². The summed E-state index contributed by atoms with van der Waals surface area (Å²) in [7, 11) is 0. The Labute approximate surface area is 85.9 Å². The van der Waals surface area contributed by atoms with Crippen LogP contribution in [0.4, 0.5) is 13.2 Å². The van der Waals surface area contributed by atoms with E-state index in [0.29, 0.717) is 0 Å². The zero-order valence-electron chi connectivity index (χ0n) is 7.07. The van der Waals surface area contributed by atoms with Crippen LogP contribution in [-0.2, 0) is 6.18 Å². The highest BCUT2D eigenvalue weighted by atomic mass is 35.5. The van der Waals surface area contributed by atoms with Crippen LogP contribution in [0.5, 0.6) is 0 Å². The summed E-state index contributed by atoms with van der Waals surface area (Å²) < 4.78 is 37.0. The Morgan fingerprint density at radius 1 is 1.20 bits per heavy atom. The molecule has 3 nitrogen and oxygen atoms in total. The number of hydrogen-bond acceptors (Lipinski definition) is 1. The summed E-state index contributed by atoms with van der Waals surface area (Å²) in [6, 6.07) is 1.60. The van der Waals surface area contributed by atoms with Gasteiger partial charge in [0.1, 0.15) is 0 Å². The molecule has 0 amide bonds. The third kappa shape index (κ3) is 1.72. The number of halogens is 4. The monoisotopic (exact) mass is 236 g/mol. The maximum Gasteiger partial charge on any atom is 0.416 e. The van der Waals surface area contributed by atoms with Crippen LogP contribution in [0, 0.1) is 0 Å². The second-order valence-corrected chi connectivity index (χ2v) is 3.36. The Kier molecular flexibility index (Phi) is 2.04. The van der Waals surface area contributed by atoms with Crippen LogP contribution in [-0.4, -0.2) is 9.97 Å². The first-order valence-corrected chi connectivity index (χ1v) is 4.24. The van der Waals surface area contributed by atoms with E-state index in [2.05, 4.69) is 9.97 Å². The molecule has 0 bridgehead atoms. The van der Waals surface area contributed by atoms with Crippen molar-refractivity contribution >= 4 is 22.6 Å². The molecule has 0 aliphatic heterocycles. The van der Waals surface area contributed by atoms with Crippen LogP contribution in [0.1, 0.15) is 5.56 Å². The van der Waals surface area contributed by atoms with Gasteiger partial charge in [0.2, 0.25) is 0 Å². The largest absolute Gasteiger partial charge is 0.416 e. The number of nitrogens with one attached hydrogen (secondary N) is 2. The van der Waals surface area contributed by atoms with Crippen molar-refractivity contribution in [2.45, 2.75) is 6.18 Å². The van der Waals surface area contributed by atoms with E-state index in [1.165, 1.54) is 0 Å². The van der Waals surface area contributed by atoms with Gasteiger partial charge in [-0.1, -0.05) is 11.6 Å². The first-order chi connectivity index (χ1) is 6.88. The normalized spacial score (nSPS) is 12.3. The van der Waals surface area contributed by atoms with Gasteiger partial charge in [-0.25, -0.2) is 4.79 Å². The Morgan fingerprint density at radius 3 is 2.47 bits per heavy atom. The summed E-state index contributed by atoms with van der Waals surface area (Å²) in [6.45, 7) is 0. The van der Waals surface area contributed by atoms with Crippen molar-refractivity contribution in [1.82, 2.24) is 9.97 Å². The third-order valence-electron chi connectivity index (χ3n) is 1.90. The molecule has 2 rings (SSSR count). The van der Waals surface area contributed by atoms with Crippen molar-refractivity contribution < 1.29 is 13.2 Å². The fourth-order valence-electron chi connectivity index (χ4n) is 1.26. The number of rotatable bonds is 0. The van der Waals surface area contributed by atoms with Crippen LogP contribution in [0.2, 0.25) is 5.02 Å². The molecule has 0 saturated carbocycles. The maximum atomic E-state index is 12.3. The van der Waals surface area contributed by atoms with Gasteiger partial charge in [0.15, 0.2) is 0 Å². The van der Waals surface area contributed by atoms with Gasteiger partial charge in [-0.3, -0.25) is 0 Å². The van der Waals surface area contributed by atoms with E-state index in [1.807, 2.05) is 0 Å². The van der Waals surface area contributed by atoms with E-state index in [-0.39, 0.29) is 16.1 Å². The zero-order chi connectivity index (χ0) is 11.2. The number of aromatic nitrogens is 2. The van der Waals surface area contributed by atoms with Gasteiger partial charge in [-0.05, 0) is 12.1 Å². The molecule has 0 spiro atoms. The lowest BCUT2D eigenvalue weighted by Gasteiger charge is -2.06. The van der Waals surface area contributed by atoms with Gasteiger partial charge >= 0.3 is 11.9 Å². The predicted octanol–water partition coefficient (Wildman–Crippen LogP) is 2.53. The van der Waals surface area contributed by atoms with E-state index >= 15 is 0 Å². The van der Waals surface area contributed by atoms with Crippen LogP contribution in [0.3, 0.4) is 0 Å². The highest BCUT2D eigenvalue weighted by Crippen LogP contribution is 2.33. The van der Waals surface area contributed by atoms with E-state index in [0.717, 1.165) is 12.1 Å². The number of benzene rings is 1. The highest BCUT2D eigenvalue weighted by molar-refractivity contribution is 6.35. The molecule has 1 heterocycles. The SMILES string of the molecule is O=c1[nH]c2cc(C(F)(F)F)cc(Cl)c2[nH]1. The second-order valence-electron chi connectivity index (χ2n) is 2.96. The molecule has 0 atom stereocenters. The Bertz CT molecular complexity index is 569. The van der Waals surface area contributed by atoms with E-state index < -0.39 is 17.4 Å². The van der Waals surface area contributed by atoms with Gasteiger partial charge in [-0.2, -0.15) is 13.2 Å². The Hall–Kier alpha value is -1.43. The average molecular weight is 237 g/mol. The minimum Gasteiger partial charge on any atom is -0.306 e. The van der Waals surface area contributed by atoms with E-state index in [9.17, 15) is 18.0 Å². The summed E-state index contributed by atoms with van der Waals surface area (Å²) in [4.78, 5) is 15.4. The van der Waals surface area contributed by atoms with Gasteiger partial charge in [-0.15, -0.1) is 0 Å². The van der Waals surface area contributed by atoms with E-state index in [4.69, 9.17) is 11.6 Å². The summed E-state index contributed by atoms with van der Waals surface area (Å²) in [6.07, 6.45) is -4.48. The van der Waals surface area contributed by atoms with Gasteiger partial charge < -0.3 is 9.97 Å². The maximum absolute atomic E-state index is 12.3. The molecule has 0 aliphatic carbocycles. The van der Waals surface area contributed by atoms with Crippen LogP contribution in [0.15, 0.2) is 16.9 Å². The fourth-order valence-corrected chi connectivity index (χ4v) is 1.53. The number of H-pyrrole nitrogens is 2. The standard InChI is InChI=1S/C8H4ClF3N2O/c9-4-1-3(8(10,11)12)2-5-6(4)14-7(15)13-5/h1-2H,(H2,13,14,15). The summed E-state index contributed by atoms with van der Waals surface area (Å²) in [5.74, 6) is 0. The van der Waals surface area contributed by atoms with Crippen molar-refractivity contribution in [3.63, 3.8) is 0 Å². The predicted molar refractivity (Wildman–Crippen MR) is 48.9 cm³/mol. The lowest BCUT2D eigenvalue weighted by atomic mass is 10.2. The van der Waals surface area contributed by atoms with Crippen LogP contribution < -0.4 is 5.69 Å². The number of aromatic amines is 2. The molecule has 1 aromatic carbocycles. The lowest BCUT2D eigenvalue weighted by Crippen LogP contribution is -2.04. The topological polar surface area (TPSA) is 48.6 Å². The van der Waals surface area contributed by atoms with Crippen LogP contribution >= 0.6 is 11.6 Å². The van der Waals surface area contributed by atoms with Crippen molar-refractivity contribution in [2.24, 2.45) is 0 Å². The summed E-state index contributed by atoms with van der Waals surface area (Å²) in [5.41, 5.74) is -1.27. The molecular weight excluding hydrogens is 233 g/mol. The average Bonchev–Trinajstić information content (AvgIpc) is 2.44. The molecule has 80 valence electrons. The number of imidazole rings is 1. The minimum atomic E-state index is -4.48. The quantitative estimate of drug-likeness (QED) is 0.726. The number of hydrogen-bond donors (Lipinski definition) is 2. The summed E-state index contributed by atoms with van der Waals surface area (Å²) in [5, 5.41) is -0.141. The molecule has 0 aliphatic rings. The lowest BCUT2D eigenvalue weighted by molar-refractivity contribution is -0.137.